The number of nitro groups is 4. The van der Waals surface area contributed by atoms with Crippen molar-refractivity contribution in [3.05, 3.63) is 76.9 Å². The Labute approximate surface area is 316 Å². The third-order valence-electron chi connectivity index (χ3n) is 6.88. The molecule has 0 aliphatic heterocycles. The summed E-state index contributed by atoms with van der Waals surface area (Å²) in [6.45, 7) is 7.24. The number of hydrogen-bond acceptors (Lipinski definition) is 19. The molecule has 2 aromatic carbocycles. The summed E-state index contributed by atoms with van der Waals surface area (Å²) in [5.41, 5.74) is -1.13. The fraction of sp³-hybridized carbons (Fsp3) is 0.625. The lowest BCUT2D eigenvalue weighted by Crippen LogP contribution is -2.16. The Bertz CT molecular complexity index is 1320. The zero-order valence-electron chi connectivity index (χ0n) is 30.3. The minimum absolute atomic E-state index is 0.171. The zero-order chi connectivity index (χ0) is 39.9. The molecule has 0 atom stereocenters. The Morgan fingerprint density at radius 3 is 0.818 bits per heavy atom. The number of hydrogen-bond donors (Lipinski definition) is 2. The van der Waals surface area contributed by atoms with E-state index in [0.717, 1.165) is 12.1 Å². The largest absolute Gasteiger partial charge is 0.377 e. The Hall–Kier alpha value is -4.72. The minimum Gasteiger partial charge on any atom is -0.377 e. The van der Waals surface area contributed by atoms with Crippen molar-refractivity contribution in [3.8, 4) is 0 Å². The number of nitrogens with one attached hydrogen (secondary N) is 2. The monoisotopic (exact) mass is 788 g/mol. The highest BCUT2D eigenvalue weighted by atomic mass is 16.6. The van der Waals surface area contributed by atoms with Crippen LogP contribution in [0.1, 0.15) is 0 Å². The van der Waals surface area contributed by atoms with Crippen LogP contribution in [-0.2, 0) is 42.6 Å². The van der Waals surface area contributed by atoms with E-state index < -0.39 is 19.7 Å². The summed E-state index contributed by atoms with van der Waals surface area (Å²) in [6.07, 6.45) is 0. The van der Waals surface area contributed by atoms with E-state index in [1.807, 2.05) is 0 Å². The van der Waals surface area contributed by atoms with E-state index in [9.17, 15) is 40.5 Å². The van der Waals surface area contributed by atoms with Gasteiger partial charge in [0.2, 0.25) is 0 Å². The summed E-state index contributed by atoms with van der Waals surface area (Å²) in [5, 5.41) is 49.6. The topological polar surface area (TPSA) is 280 Å². The van der Waals surface area contributed by atoms with Crippen molar-refractivity contribution in [2.24, 2.45) is 0 Å². The average Bonchev–Trinajstić information content (AvgIpc) is 3.16. The van der Waals surface area contributed by atoms with Gasteiger partial charge in [0.25, 0.3) is 22.7 Å². The number of benzene rings is 2. The molecule has 23 nitrogen and oxygen atoms in total. The average molecular weight is 789 g/mol. The molecule has 23 heteroatoms. The van der Waals surface area contributed by atoms with E-state index in [0.29, 0.717) is 106 Å². The van der Waals surface area contributed by atoms with Crippen molar-refractivity contribution in [1.82, 2.24) is 0 Å². The molecule has 0 aliphatic rings. The predicted molar refractivity (Wildman–Crippen MR) is 194 cm³/mol. The van der Waals surface area contributed by atoms with Crippen molar-refractivity contribution in [3.63, 3.8) is 0 Å². The van der Waals surface area contributed by atoms with Crippen LogP contribution in [0.2, 0.25) is 0 Å². The third-order valence-corrected chi connectivity index (χ3v) is 6.88. The molecule has 2 rings (SSSR count). The second-order valence-electron chi connectivity index (χ2n) is 10.8. The summed E-state index contributed by atoms with van der Waals surface area (Å²) in [6, 6.07) is 6.78. The minimum atomic E-state index is -0.692. The lowest BCUT2D eigenvalue weighted by Gasteiger charge is -2.09. The van der Waals surface area contributed by atoms with Crippen LogP contribution in [0.5, 0.6) is 0 Å². The summed E-state index contributed by atoms with van der Waals surface area (Å²) >= 11 is 0. The second-order valence-corrected chi connectivity index (χ2v) is 10.8. The van der Waals surface area contributed by atoms with Crippen molar-refractivity contribution < 1.29 is 62.3 Å². The maximum Gasteiger partial charge on any atom is 0.299 e. The number of ether oxygens (including phenoxy) is 9. The van der Waals surface area contributed by atoms with Crippen LogP contribution in [0.25, 0.3) is 0 Å². The maximum atomic E-state index is 11.1. The molecule has 0 radical (unpaired) electrons. The van der Waals surface area contributed by atoms with Crippen molar-refractivity contribution in [2.75, 3.05) is 143 Å². The molecule has 2 N–H and O–H groups in total. The molecule has 2 aromatic rings. The van der Waals surface area contributed by atoms with E-state index >= 15 is 0 Å². The Balaban J connectivity index is 1.25. The van der Waals surface area contributed by atoms with Crippen molar-refractivity contribution in [1.29, 1.82) is 0 Å². The SMILES string of the molecule is O=[N+]([O-])c1ccc(NCCOCCOCCOCCOCCOCCOCCOCCOCCOCCNc2ccc([N+](=O)[O-])cc2[N+](=O)[O-])c([N+](=O)[O-])c1. The molecule has 0 aromatic heterocycles. The summed E-state index contributed by atoms with van der Waals surface area (Å²) in [5.74, 6) is 0. The zero-order valence-corrected chi connectivity index (χ0v) is 30.3. The van der Waals surface area contributed by atoms with E-state index in [-0.39, 0.29) is 60.4 Å². The van der Waals surface area contributed by atoms with Gasteiger partial charge in [0.05, 0.1) is 151 Å². The van der Waals surface area contributed by atoms with Crippen LogP contribution in [0.4, 0.5) is 34.1 Å². The highest BCUT2D eigenvalue weighted by molar-refractivity contribution is 5.66. The van der Waals surface area contributed by atoms with Crippen LogP contribution in [0.15, 0.2) is 36.4 Å². The van der Waals surface area contributed by atoms with Gasteiger partial charge in [0.15, 0.2) is 0 Å². The molecule has 0 saturated heterocycles. The molecule has 0 heterocycles. The number of nitrogens with zero attached hydrogens (tertiary/aromatic N) is 4. The first-order valence-corrected chi connectivity index (χ1v) is 17.2. The van der Waals surface area contributed by atoms with Crippen LogP contribution in [-0.4, -0.2) is 152 Å². The summed E-state index contributed by atoms with van der Waals surface area (Å²) in [4.78, 5) is 41.2. The van der Waals surface area contributed by atoms with E-state index in [4.69, 9.17) is 42.6 Å². The Morgan fingerprint density at radius 1 is 0.364 bits per heavy atom. The van der Waals surface area contributed by atoms with E-state index in [1.54, 1.807) is 0 Å². The first-order chi connectivity index (χ1) is 26.7. The first-order valence-electron chi connectivity index (χ1n) is 17.2. The molecule has 0 unspecified atom stereocenters. The normalized spacial score (nSPS) is 11.1. The van der Waals surface area contributed by atoms with Gasteiger partial charge in [-0.1, -0.05) is 0 Å². The molecule has 0 bridgehead atoms. The van der Waals surface area contributed by atoms with E-state index in [2.05, 4.69) is 10.6 Å². The molecule has 0 saturated carbocycles. The molecule has 0 amide bonds. The first kappa shape index (κ1) is 46.4. The fourth-order valence-corrected chi connectivity index (χ4v) is 4.25. The van der Waals surface area contributed by atoms with Crippen LogP contribution in [0, 0.1) is 40.5 Å². The maximum absolute atomic E-state index is 11.1. The molecule has 0 spiro atoms. The summed E-state index contributed by atoms with van der Waals surface area (Å²) in [7, 11) is 0. The van der Waals surface area contributed by atoms with Gasteiger partial charge < -0.3 is 53.3 Å². The van der Waals surface area contributed by atoms with Crippen LogP contribution in [0.3, 0.4) is 0 Å². The lowest BCUT2D eigenvalue weighted by atomic mass is 10.2. The highest BCUT2D eigenvalue weighted by Gasteiger charge is 2.20. The Morgan fingerprint density at radius 2 is 0.600 bits per heavy atom. The lowest BCUT2D eigenvalue weighted by molar-refractivity contribution is -0.393. The quantitative estimate of drug-likeness (QED) is 0.0570. The standard InChI is InChI=1S/C32H48N6O17/c39-35(40)27-1-3-29(31(25-27)37(43)44)33-5-7-47-9-11-49-13-15-51-17-19-53-21-23-55-24-22-54-20-18-52-16-14-50-12-10-48-8-6-34-30-4-2-28(36(41)42)26-32(30)38(45)46/h1-4,25-26,33-34H,5-24H2. The second kappa shape index (κ2) is 29.6. The number of anilines is 2. The van der Waals surface area contributed by atoms with Gasteiger partial charge >= 0.3 is 0 Å². The summed E-state index contributed by atoms with van der Waals surface area (Å²) < 4.78 is 48.8. The number of rotatable bonds is 36. The van der Waals surface area contributed by atoms with Gasteiger partial charge in [-0.25, -0.2) is 0 Å². The van der Waals surface area contributed by atoms with Crippen LogP contribution < -0.4 is 10.6 Å². The van der Waals surface area contributed by atoms with Gasteiger partial charge in [0, 0.05) is 25.2 Å². The van der Waals surface area contributed by atoms with Gasteiger partial charge in [-0.05, 0) is 12.1 Å². The van der Waals surface area contributed by atoms with Gasteiger partial charge in [-0.2, -0.15) is 0 Å². The smallest absolute Gasteiger partial charge is 0.299 e. The predicted octanol–water partition coefficient (Wildman–Crippen LogP) is 2.99. The molecule has 0 fully saturated rings. The van der Waals surface area contributed by atoms with Crippen molar-refractivity contribution >= 4 is 34.1 Å². The Kier molecular flexibility index (Phi) is 25.0. The number of non-ortho nitro benzene ring substituents is 2. The van der Waals surface area contributed by atoms with E-state index in [1.165, 1.54) is 24.3 Å². The highest BCUT2D eigenvalue weighted by Crippen LogP contribution is 2.29. The number of nitro benzene ring substituents is 4. The molecule has 55 heavy (non-hydrogen) atoms. The molecule has 0 aliphatic carbocycles. The molecular weight excluding hydrogens is 740 g/mol. The van der Waals surface area contributed by atoms with Gasteiger partial charge in [0.1, 0.15) is 11.4 Å². The van der Waals surface area contributed by atoms with Gasteiger partial charge in [-0.3, -0.25) is 40.5 Å². The third kappa shape index (κ3) is 21.7. The van der Waals surface area contributed by atoms with Crippen LogP contribution >= 0.6 is 0 Å². The molecule has 308 valence electrons. The van der Waals surface area contributed by atoms with Crippen molar-refractivity contribution in [2.45, 2.75) is 0 Å². The van der Waals surface area contributed by atoms with Gasteiger partial charge in [-0.15, -0.1) is 0 Å². The molecular formula is C32H48N6O17. The fourth-order valence-electron chi connectivity index (χ4n) is 4.25.